The zero-order chi connectivity index (χ0) is 10.9. The van der Waals surface area contributed by atoms with Crippen LogP contribution in [0.5, 0.6) is 0 Å². The Morgan fingerprint density at radius 3 is 2.93 bits per heavy atom. The van der Waals surface area contributed by atoms with E-state index in [4.69, 9.17) is 4.74 Å². The van der Waals surface area contributed by atoms with Crippen molar-refractivity contribution < 1.29 is 4.74 Å². The Bertz CT molecular complexity index is 189. The molecule has 0 aliphatic heterocycles. The molecule has 2 nitrogen and oxygen atoms in total. The van der Waals surface area contributed by atoms with Gasteiger partial charge in [-0.3, -0.25) is 0 Å². The van der Waals surface area contributed by atoms with Gasteiger partial charge in [-0.05, 0) is 52.5 Å². The molecule has 1 unspecified atom stereocenters. The van der Waals surface area contributed by atoms with Gasteiger partial charge in [0.05, 0.1) is 0 Å². The molecule has 0 bridgehead atoms. The van der Waals surface area contributed by atoms with Crippen molar-refractivity contribution in [1.29, 1.82) is 0 Å². The Morgan fingerprint density at radius 2 is 2.33 bits per heavy atom. The summed E-state index contributed by atoms with van der Waals surface area (Å²) in [6.45, 7) is 3.80. The highest BCUT2D eigenvalue weighted by Gasteiger charge is 2.13. The number of allylic oxidation sites excluding steroid dienone is 1. The molecule has 0 radical (unpaired) electrons. The van der Waals surface area contributed by atoms with E-state index in [9.17, 15) is 0 Å². The van der Waals surface area contributed by atoms with E-state index in [0.29, 0.717) is 6.04 Å². The quantitative estimate of drug-likeness (QED) is 0.516. The smallest absolute Gasteiger partial charge is 0.0466 e. The van der Waals surface area contributed by atoms with E-state index < -0.39 is 0 Å². The molecule has 0 saturated heterocycles. The lowest BCUT2D eigenvalue weighted by Crippen LogP contribution is -2.28. The van der Waals surface area contributed by atoms with Crippen LogP contribution in [0.15, 0.2) is 11.6 Å². The SMILES string of the molecule is CCOCCCC(NC)C1=CCCCC1. The summed E-state index contributed by atoms with van der Waals surface area (Å²) in [5.41, 5.74) is 1.63. The van der Waals surface area contributed by atoms with E-state index in [1.54, 1.807) is 5.57 Å². The lowest BCUT2D eigenvalue weighted by Gasteiger charge is -2.22. The second-order valence-corrected chi connectivity index (χ2v) is 4.21. The highest BCUT2D eigenvalue weighted by atomic mass is 16.5. The van der Waals surface area contributed by atoms with Crippen molar-refractivity contribution in [3.8, 4) is 0 Å². The fourth-order valence-electron chi connectivity index (χ4n) is 2.23. The van der Waals surface area contributed by atoms with Crippen LogP contribution in [0.25, 0.3) is 0 Å². The van der Waals surface area contributed by atoms with Crippen LogP contribution in [-0.4, -0.2) is 26.3 Å². The van der Waals surface area contributed by atoms with Crippen LogP contribution in [0.1, 0.15) is 45.4 Å². The van der Waals surface area contributed by atoms with Gasteiger partial charge in [-0.25, -0.2) is 0 Å². The molecule has 0 heterocycles. The molecule has 0 aromatic heterocycles. The van der Waals surface area contributed by atoms with Crippen molar-refractivity contribution in [2.24, 2.45) is 0 Å². The molecule has 1 aliphatic carbocycles. The van der Waals surface area contributed by atoms with Gasteiger partial charge in [-0.1, -0.05) is 11.6 Å². The topological polar surface area (TPSA) is 21.3 Å². The largest absolute Gasteiger partial charge is 0.382 e. The molecule has 88 valence electrons. The molecule has 2 heteroatoms. The van der Waals surface area contributed by atoms with Gasteiger partial charge in [0.1, 0.15) is 0 Å². The lowest BCUT2D eigenvalue weighted by atomic mass is 9.91. The fraction of sp³-hybridized carbons (Fsp3) is 0.846. The summed E-state index contributed by atoms with van der Waals surface area (Å²) in [6.07, 6.45) is 10.1. The van der Waals surface area contributed by atoms with Crippen molar-refractivity contribution in [1.82, 2.24) is 5.32 Å². The third-order valence-electron chi connectivity index (χ3n) is 3.11. The van der Waals surface area contributed by atoms with Gasteiger partial charge in [0.15, 0.2) is 0 Å². The molecule has 0 aromatic rings. The first-order chi connectivity index (χ1) is 7.38. The van der Waals surface area contributed by atoms with Crippen LogP contribution >= 0.6 is 0 Å². The van der Waals surface area contributed by atoms with Gasteiger partial charge >= 0.3 is 0 Å². The molecule has 0 saturated carbocycles. The van der Waals surface area contributed by atoms with Gasteiger partial charge < -0.3 is 10.1 Å². The van der Waals surface area contributed by atoms with Crippen molar-refractivity contribution in [3.63, 3.8) is 0 Å². The van der Waals surface area contributed by atoms with E-state index in [1.807, 2.05) is 0 Å². The summed E-state index contributed by atoms with van der Waals surface area (Å²) in [7, 11) is 2.07. The van der Waals surface area contributed by atoms with Gasteiger partial charge in [0, 0.05) is 19.3 Å². The summed E-state index contributed by atoms with van der Waals surface area (Å²) in [5, 5.41) is 3.42. The number of likely N-dealkylation sites (N-methyl/N-ethyl adjacent to an activating group) is 1. The third-order valence-corrected chi connectivity index (χ3v) is 3.11. The van der Waals surface area contributed by atoms with Crippen LogP contribution in [0, 0.1) is 0 Å². The fourth-order valence-corrected chi connectivity index (χ4v) is 2.23. The van der Waals surface area contributed by atoms with Crippen LogP contribution in [-0.2, 0) is 4.74 Å². The minimum absolute atomic E-state index is 0.589. The van der Waals surface area contributed by atoms with Crippen LogP contribution < -0.4 is 5.32 Å². The predicted octanol–water partition coefficient (Wildman–Crippen LogP) is 2.89. The zero-order valence-electron chi connectivity index (χ0n) is 10.2. The maximum absolute atomic E-state index is 5.37. The molecular formula is C13H25NO. The van der Waals surface area contributed by atoms with Gasteiger partial charge in [0.2, 0.25) is 0 Å². The van der Waals surface area contributed by atoms with E-state index in [1.165, 1.54) is 32.1 Å². The zero-order valence-corrected chi connectivity index (χ0v) is 10.2. The summed E-state index contributed by atoms with van der Waals surface area (Å²) in [4.78, 5) is 0. The van der Waals surface area contributed by atoms with Crippen molar-refractivity contribution >= 4 is 0 Å². The maximum atomic E-state index is 5.37. The van der Waals surface area contributed by atoms with Crippen molar-refractivity contribution in [2.45, 2.75) is 51.5 Å². The summed E-state index contributed by atoms with van der Waals surface area (Å²) in [5.74, 6) is 0. The Morgan fingerprint density at radius 1 is 1.47 bits per heavy atom. The van der Waals surface area contributed by atoms with Crippen LogP contribution in [0.3, 0.4) is 0 Å². The number of hydrogen-bond acceptors (Lipinski definition) is 2. The van der Waals surface area contributed by atoms with Crippen molar-refractivity contribution in [3.05, 3.63) is 11.6 Å². The minimum atomic E-state index is 0.589. The Hall–Kier alpha value is -0.340. The average Bonchev–Trinajstić information content (AvgIpc) is 2.30. The molecule has 1 N–H and O–H groups in total. The Labute approximate surface area is 94.1 Å². The van der Waals surface area contributed by atoms with Crippen LogP contribution in [0.2, 0.25) is 0 Å². The highest BCUT2D eigenvalue weighted by molar-refractivity contribution is 5.12. The average molecular weight is 211 g/mol. The number of nitrogens with one attached hydrogen (secondary N) is 1. The second-order valence-electron chi connectivity index (χ2n) is 4.21. The first-order valence-corrected chi connectivity index (χ1v) is 6.32. The number of ether oxygens (including phenoxy) is 1. The van der Waals surface area contributed by atoms with Crippen LogP contribution in [0.4, 0.5) is 0 Å². The van der Waals surface area contributed by atoms with E-state index in [2.05, 4.69) is 25.4 Å². The molecule has 15 heavy (non-hydrogen) atoms. The molecule has 0 aromatic carbocycles. The third kappa shape index (κ3) is 4.80. The second kappa shape index (κ2) is 7.89. The normalized spacial score (nSPS) is 18.7. The highest BCUT2D eigenvalue weighted by Crippen LogP contribution is 2.22. The summed E-state index contributed by atoms with van der Waals surface area (Å²) in [6, 6.07) is 0.589. The standard InChI is InChI=1S/C13H25NO/c1-3-15-11-7-10-13(14-2)12-8-5-4-6-9-12/h8,13-14H,3-7,9-11H2,1-2H3. The van der Waals surface area contributed by atoms with Gasteiger partial charge in [0.25, 0.3) is 0 Å². The monoisotopic (exact) mass is 211 g/mol. The molecule has 1 rings (SSSR count). The minimum Gasteiger partial charge on any atom is -0.382 e. The summed E-state index contributed by atoms with van der Waals surface area (Å²) < 4.78 is 5.37. The van der Waals surface area contributed by atoms with E-state index in [0.717, 1.165) is 19.6 Å². The Balaban J connectivity index is 2.25. The molecule has 1 atom stereocenters. The number of hydrogen-bond donors (Lipinski definition) is 1. The first-order valence-electron chi connectivity index (χ1n) is 6.32. The molecular weight excluding hydrogens is 186 g/mol. The first kappa shape index (κ1) is 12.7. The summed E-state index contributed by atoms with van der Waals surface area (Å²) >= 11 is 0. The predicted molar refractivity (Wildman–Crippen MR) is 65.1 cm³/mol. The van der Waals surface area contributed by atoms with Gasteiger partial charge in [-0.2, -0.15) is 0 Å². The Kier molecular flexibility index (Phi) is 6.69. The molecule has 0 spiro atoms. The molecule has 0 amide bonds. The number of rotatable bonds is 7. The maximum Gasteiger partial charge on any atom is 0.0466 e. The van der Waals surface area contributed by atoms with Crippen molar-refractivity contribution in [2.75, 3.05) is 20.3 Å². The van der Waals surface area contributed by atoms with E-state index in [-0.39, 0.29) is 0 Å². The lowest BCUT2D eigenvalue weighted by molar-refractivity contribution is 0.142. The van der Waals surface area contributed by atoms with Gasteiger partial charge in [-0.15, -0.1) is 0 Å². The van der Waals surface area contributed by atoms with E-state index >= 15 is 0 Å². The molecule has 0 fully saturated rings. The molecule has 1 aliphatic rings.